The maximum atomic E-state index is 12.3. The monoisotopic (exact) mass is 505 g/mol. The van der Waals surface area contributed by atoms with Gasteiger partial charge in [0.25, 0.3) is 0 Å². The number of aliphatic imine (C=N–C) groups is 1. The van der Waals surface area contributed by atoms with Crippen LogP contribution in [0.4, 0.5) is 8.78 Å². The van der Waals surface area contributed by atoms with Gasteiger partial charge in [0.1, 0.15) is 11.4 Å². The Kier molecular flexibility index (Phi) is 10.2. The van der Waals surface area contributed by atoms with E-state index in [1.165, 1.54) is 12.1 Å². The van der Waals surface area contributed by atoms with Gasteiger partial charge in [-0.25, -0.2) is 4.99 Å². The maximum Gasteiger partial charge on any atom is 0.387 e. The molecule has 5 nitrogen and oxygen atoms in total. The number of hydrogen-bond donors (Lipinski definition) is 3. The molecule has 2 rings (SSSR count). The largest absolute Gasteiger partial charge is 0.435 e. The van der Waals surface area contributed by atoms with Crippen LogP contribution < -0.4 is 15.4 Å². The molecule has 0 saturated carbocycles. The lowest BCUT2D eigenvalue weighted by atomic mass is 9.96. The van der Waals surface area contributed by atoms with Gasteiger partial charge in [-0.15, -0.1) is 24.0 Å². The number of hydrogen-bond acceptors (Lipinski definition) is 3. The molecule has 154 valence electrons. The number of alkyl halides is 2. The maximum absolute atomic E-state index is 12.3. The molecule has 0 aliphatic rings. The second-order valence-corrected chi connectivity index (χ2v) is 6.21. The van der Waals surface area contributed by atoms with E-state index in [4.69, 9.17) is 0 Å². The van der Waals surface area contributed by atoms with Crippen molar-refractivity contribution in [2.75, 3.05) is 13.1 Å². The summed E-state index contributed by atoms with van der Waals surface area (Å²) in [6, 6.07) is 15.8. The van der Waals surface area contributed by atoms with Crippen molar-refractivity contribution in [2.24, 2.45) is 4.99 Å². The third kappa shape index (κ3) is 7.97. The van der Waals surface area contributed by atoms with E-state index in [2.05, 4.69) is 20.4 Å². The summed E-state index contributed by atoms with van der Waals surface area (Å²) >= 11 is 0. The molecule has 1 atom stereocenters. The molecule has 2 aromatic carbocycles. The summed E-state index contributed by atoms with van der Waals surface area (Å²) < 4.78 is 29.1. The lowest BCUT2D eigenvalue weighted by Crippen LogP contribution is -2.44. The first-order chi connectivity index (χ1) is 12.9. The molecule has 0 aromatic heterocycles. The standard InChI is InChI=1S/C20H25F2N3O2.HI/c1-3-23-19(25-14-20(2,26)16-9-5-4-6-10-16)24-13-15-8-7-11-17(12-15)27-18(21)22;/h4-12,18,26H,3,13-14H2,1-2H3,(H2,23,24,25);1H. The summed E-state index contributed by atoms with van der Waals surface area (Å²) in [5.41, 5.74) is 0.466. The predicted molar refractivity (Wildman–Crippen MR) is 117 cm³/mol. The highest BCUT2D eigenvalue weighted by molar-refractivity contribution is 14.0. The Labute approximate surface area is 181 Å². The minimum absolute atomic E-state index is 0. The first-order valence-corrected chi connectivity index (χ1v) is 8.74. The van der Waals surface area contributed by atoms with Crippen LogP contribution in [0, 0.1) is 0 Å². The van der Waals surface area contributed by atoms with Gasteiger partial charge in [0, 0.05) is 6.54 Å². The summed E-state index contributed by atoms with van der Waals surface area (Å²) in [6.45, 7) is 1.99. The summed E-state index contributed by atoms with van der Waals surface area (Å²) in [4.78, 5) is 4.44. The van der Waals surface area contributed by atoms with Crippen LogP contribution in [0.3, 0.4) is 0 Å². The molecular formula is C20H26F2IN3O2. The summed E-state index contributed by atoms with van der Waals surface area (Å²) in [5, 5.41) is 16.9. The van der Waals surface area contributed by atoms with E-state index in [0.717, 1.165) is 11.1 Å². The molecule has 0 amide bonds. The summed E-state index contributed by atoms with van der Waals surface area (Å²) in [6.07, 6.45) is 0. The Hall–Kier alpha value is -1.94. The van der Waals surface area contributed by atoms with Crippen LogP contribution in [-0.2, 0) is 12.1 Å². The molecule has 0 bridgehead atoms. The van der Waals surface area contributed by atoms with Crippen LogP contribution in [0.1, 0.15) is 25.0 Å². The first kappa shape index (κ1) is 24.1. The van der Waals surface area contributed by atoms with Gasteiger partial charge in [0.15, 0.2) is 5.96 Å². The van der Waals surface area contributed by atoms with E-state index in [1.807, 2.05) is 37.3 Å². The van der Waals surface area contributed by atoms with Crippen LogP contribution in [0.15, 0.2) is 59.6 Å². The minimum Gasteiger partial charge on any atom is -0.435 e. The molecule has 0 fully saturated rings. The molecule has 3 N–H and O–H groups in total. The van der Waals surface area contributed by atoms with Gasteiger partial charge < -0.3 is 20.5 Å². The zero-order valence-electron chi connectivity index (χ0n) is 15.9. The van der Waals surface area contributed by atoms with Crippen molar-refractivity contribution in [3.05, 3.63) is 65.7 Å². The Balaban J connectivity index is 0.00000392. The van der Waals surface area contributed by atoms with Gasteiger partial charge in [-0.1, -0.05) is 42.5 Å². The van der Waals surface area contributed by atoms with Crippen LogP contribution >= 0.6 is 24.0 Å². The van der Waals surface area contributed by atoms with E-state index < -0.39 is 12.2 Å². The molecule has 28 heavy (non-hydrogen) atoms. The van der Waals surface area contributed by atoms with Crippen molar-refractivity contribution in [3.63, 3.8) is 0 Å². The average molecular weight is 505 g/mol. The van der Waals surface area contributed by atoms with Crippen molar-refractivity contribution in [1.82, 2.24) is 10.6 Å². The highest BCUT2D eigenvalue weighted by atomic mass is 127. The Morgan fingerprint density at radius 3 is 2.50 bits per heavy atom. The average Bonchev–Trinajstić information content (AvgIpc) is 2.64. The molecule has 0 aliphatic carbocycles. The van der Waals surface area contributed by atoms with Crippen molar-refractivity contribution >= 4 is 29.9 Å². The van der Waals surface area contributed by atoms with Crippen molar-refractivity contribution in [2.45, 2.75) is 32.6 Å². The number of nitrogens with zero attached hydrogens (tertiary/aromatic N) is 1. The second-order valence-electron chi connectivity index (χ2n) is 6.21. The van der Waals surface area contributed by atoms with Crippen LogP contribution in [0.5, 0.6) is 5.75 Å². The van der Waals surface area contributed by atoms with Crippen molar-refractivity contribution in [1.29, 1.82) is 0 Å². The topological polar surface area (TPSA) is 65.9 Å². The second kappa shape index (κ2) is 11.8. The molecule has 8 heteroatoms. The van der Waals surface area contributed by atoms with E-state index >= 15 is 0 Å². The first-order valence-electron chi connectivity index (χ1n) is 8.74. The quantitative estimate of drug-likeness (QED) is 0.290. The Bertz CT molecular complexity index is 743. The lowest BCUT2D eigenvalue weighted by Gasteiger charge is -2.25. The van der Waals surface area contributed by atoms with Crippen LogP contribution in [-0.4, -0.2) is 30.8 Å². The van der Waals surface area contributed by atoms with Gasteiger partial charge in [-0.2, -0.15) is 8.78 Å². The Morgan fingerprint density at radius 2 is 1.86 bits per heavy atom. The molecule has 2 aromatic rings. The number of guanidine groups is 1. The number of ether oxygens (including phenoxy) is 1. The van der Waals surface area contributed by atoms with Gasteiger partial charge >= 0.3 is 6.61 Å². The van der Waals surface area contributed by atoms with Crippen LogP contribution in [0.2, 0.25) is 0 Å². The summed E-state index contributed by atoms with van der Waals surface area (Å²) in [5.74, 6) is 0.622. The third-order valence-electron chi connectivity index (χ3n) is 3.88. The molecule has 0 saturated heterocycles. The van der Waals surface area contributed by atoms with Crippen molar-refractivity contribution < 1.29 is 18.6 Å². The zero-order valence-corrected chi connectivity index (χ0v) is 18.2. The number of rotatable bonds is 8. The highest BCUT2D eigenvalue weighted by Gasteiger charge is 2.22. The molecule has 1 unspecified atom stereocenters. The van der Waals surface area contributed by atoms with Gasteiger partial charge in [-0.3, -0.25) is 0 Å². The predicted octanol–water partition coefficient (Wildman–Crippen LogP) is 3.87. The fourth-order valence-corrected chi connectivity index (χ4v) is 2.49. The molecule has 0 radical (unpaired) electrons. The zero-order chi connectivity index (χ0) is 19.7. The fraction of sp³-hybridized carbons (Fsp3) is 0.350. The fourth-order valence-electron chi connectivity index (χ4n) is 2.49. The van der Waals surface area contributed by atoms with E-state index in [0.29, 0.717) is 12.5 Å². The molecule has 0 aliphatic heterocycles. The number of aliphatic hydroxyl groups is 1. The number of nitrogens with one attached hydrogen (secondary N) is 2. The normalized spacial score (nSPS) is 13.4. The lowest BCUT2D eigenvalue weighted by molar-refractivity contribution is -0.0498. The molecular weight excluding hydrogens is 479 g/mol. The van der Waals surface area contributed by atoms with Gasteiger partial charge in [0.05, 0.1) is 13.1 Å². The highest BCUT2D eigenvalue weighted by Crippen LogP contribution is 2.19. The minimum atomic E-state index is -2.86. The van der Waals surface area contributed by atoms with Gasteiger partial charge in [-0.05, 0) is 37.1 Å². The van der Waals surface area contributed by atoms with E-state index in [1.54, 1.807) is 19.1 Å². The molecule has 0 heterocycles. The van der Waals surface area contributed by atoms with Crippen molar-refractivity contribution in [3.8, 4) is 5.75 Å². The third-order valence-corrected chi connectivity index (χ3v) is 3.88. The number of benzene rings is 2. The smallest absolute Gasteiger partial charge is 0.387 e. The Morgan fingerprint density at radius 1 is 1.14 bits per heavy atom. The van der Waals surface area contributed by atoms with E-state index in [9.17, 15) is 13.9 Å². The van der Waals surface area contributed by atoms with Crippen LogP contribution in [0.25, 0.3) is 0 Å². The number of halogens is 3. The summed E-state index contributed by atoms with van der Waals surface area (Å²) in [7, 11) is 0. The SMILES string of the molecule is CCNC(=NCc1cccc(OC(F)F)c1)NCC(C)(O)c1ccccc1.I. The van der Waals surface area contributed by atoms with E-state index in [-0.39, 0.29) is 42.8 Å². The molecule has 0 spiro atoms. The van der Waals surface area contributed by atoms with Gasteiger partial charge in [0.2, 0.25) is 0 Å².